The van der Waals surface area contributed by atoms with Crippen LogP contribution in [0.5, 0.6) is 0 Å². The van der Waals surface area contributed by atoms with Crippen LogP contribution in [0.4, 0.5) is 5.69 Å². The average Bonchev–Trinajstić information content (AvgIpc) is 3.34. The molecule has 0 aliphatic carbocycles. The molecule has 0 spiro atoms. The molecule has 2 aromatic heterocycles. The number of nitrogens with one attached hydrogen (secondary N) is 2. The van der Waals surface area contributed by atoms with Gasteiger partial charge in [-0.25, -0.2) is 0 Å². The summed E-state index contributed by atoms with van der Waals surface area (Å²) in [6.45, 7) is 1.61. The van der Waals surface area contributed by atoms with Gasteiger partial charge in [0.15, 0.2) is 0 Å². The minimum Gasteiger partial charge on any atom is -0.463 e. The van der Waals surface area contributed by atoms with Crippen molar-refractivity contribution in [2.24, 2.45) is 0 Å². The molecular weight excluding hydrogens is 330 g/mol. The van der Waals surface area contributed by atoms with Crippen molar-refractivity contribution in [3.63, 3.8) is 0 Å². The molecule has 3 aromatic rings. The standard InChI is InChI=1S/C20H19N3O3/c24-19(16-8-9-17(22-20(16)25)18-7-4-12-26-18)21-14-10-11-23(13-14)15-5-2-1-3-6-15/h1-9,12,14H,10-11,13H2,(H,21,24)(H,22,25). The number of hydrogen-bond donors (Lipinski definition) is 2. The topological polar surface area (TPSA) is 78.3 Å². The van der Waals surface area contributed by atoms with Crippen LogP contribution in [0.1, 0.15) is 16.8 Å². The lowest BCUT2D eigenvalue weighted by Crippen LogP contribution is -2.39. The van der Waals surface area contributed by atoms with Gasteiger partial charge in [-0.05, 0) is 42.8 Å². The number of carbonyl (C=O) groups is 1. The van der Waals surface area contributed by atoms with Gasteiger partial charge in [0, 0.05) is 24.8 Å². The van der Waals surface area contributed by atoms with Crippen molar-refractivity contribution >= 4 is 11.6 Å². The van der Waals surface area contributed by atoms with Crippen molar-refractivity contribution in [2.45, 2.75) is 12.5 Å². The fourth-order valence-electron chi connectivity index (χ4n) is 3.24. The summed E-state index contributed by atoms with van der Waals surface area (Å²) in [6, 6.07) is 16.8. The Bertz CT molecular complexity index is 948. The number of furan rings is 1. The Kier molecular flexibility index (Phi) is 4.31. The van der Waals surface area contributed by atoms with Gasteiger partial charge < -0.3 is 19.6 Å². The summed E-state index contributed by atoms with van der Waals surface area (Å²) in [4.78, 5) is 29.7. The van der Waals surface area contributed by atoms with E-state index in [9.17, 15) is 9.59 Å². The van der Waals surface area contributed by atoms with Crippen LogP contribution in [-0.2, 0) is 0 Å². The minimum atomic E-state index is -0.422. The molecule has 1 unspecified atom stereocenters. The number of H-pyrrole nitrogens is 1. The number of aromatic amines is 1. The highest BCUT2D eigenvalue weighted by Gasteiger charge is 2.25. The first kappa shape index (κ1) is 16.2. The van der Waals surface area contributed by atoms with Crippen LogP contribution in [0.15, 0.2) is 70.1 Å². The highest BCUT2D eigenvalue weighted by Crippen LogP contribution is 2.20. The van der Waals surface area contributed by atoms with Gasteiger partial charge in [-0.3, -0.25) is 9.59 Å². The molecule has 132 valence electrons. The highest BCUT2D eigenvalue weighted by molar-refractivity contribution is 5.94. The molecule has 1 saturated heterocycles. The second-order valence-electron chi connectivity index (χ2n) is 6.33. The van der Waals surface area contributed by atoms with E-state index in [2.05, 4.69) is 27.3 Å². The lowest BCUT2D eigenvalue weighted by Gasteiger charge is -2.18. The van der Waals surface area contributed by atoms with E-state index in [0.29, 0.717) is 11.5 Å². The monoisotopic (exact) mass is 349 g/mol. The average molecular weight is 349 g/mol. The fraction of sp³-hybridized carbons (Fsp3) is 0.200. The maximum atomic E-state index is 12.5. The third kappa shape index (κ3) is 3.26. The quantitative estimate of drug-likeness (QED) is 0.759. The maximum absolute atomic E-state index is 12.5. The molecular formula is C20H19N3O3. The number of benzene rings is 1. The first-order valence-electron chi connectivity index (χ1n) is 8.59. The summed E-state index contributed by atoms with van der Waals surface area (Å²) in [5.41, 5.74) is 1.38. The lowest BCUT2D eigenvalue weighted by molar-refractivity contribution is 0.0939. The minimum absolute atomic E-state index is 0.0202. The molecule has 1 aliphatic rings. The van der Waals surface area contributed by atoms with Crippen molar-refractivity contribution < 1.29 is 9.21 Å². The maximum Gasteiger partial charge on any atom is 0.261 e. The second-order valence-corrected chi connectivity index (χ2v) is 6.33. The highest BCUT2D eigenvalue weighted by atomic mass is 16.3. The molecule has 1 amide bonds. The van der Waals surface area contributed by atoms with E-state index < -0.39 is 5.56 Å². The number of pyridine rings is 1. The van der Waals surface area contributed by atoms with Crippen LogP contribution in [0, 0.1) is 0 Å². The Morgan fingerprint density at radius 3 is 2.69 bits per heavy atom. The second kappa shape index (κ2) is 6.92. The molecule has 0 saturated carbocycles. The van der Waals surface area contributed by atoms with Gasteiger partial charge in [-0.2, -0.15) is 0 Å². The van der Waals surface area contributed by atoms with E-state index in [1.165, 1.54) is 12.3 Å². The van der Waals surface area contributed by atoms with Gasteiger partial charge in [0.05, 0.1) is 12.0 Å². The molecule has 1 aromatic carbocycles. The largest absolute Gasteiger partial charge is 0.463 e. The van der Waals surface area contributed by atoms with Gasteiger partial charge in [0.2, 0.25) is 0 Å². The number of amides is 1. The predicted molar refractivity (Wildman–Crippen MR) is 99.3 cm³/mol. The third-order valence-electron chi connectivity index (χ3n) is 4.59. The first-order chi connectivity index (χ1) is 12.7. The van der Waals surface area contributed by atoms with Crippen LogP contribution >= 0.6 is 0 Å². The molecule has 3 heterocycles. The number of carbonyl (C=O) groups excluding carboxylic acids is 1. The molecule has 2 N–H and O–H groups in total. The van der Waals surface area contributed by atoms with Gasteiger partial charge in [-0.15, -0.1) is 0 Å². The van der Waals surface area contributed by atoms with Crippen LogP contribution in [0.2, 0.25) is 0 Å². The molecule has 0 radical (unpaired) electrons. The van der Waals surface area contributed by atoms with Gasteiger partial charge in [0.1, 0.15) is 11.3 Å². The number of rotatable bonds is 4. The van der Waals surface area contributed by atoms with Crippen LogP contribution in [-0.4, -0.2) is 30.0 Å². The molecule has 1 atom stereocenters. The molecule has 4 rings (SSSR count). The number of hydrogen-bond acceptors (Lipinski definition) is 4. The SMILES string of the molecule is O=C(NC1CCN(c2ccccc2)C1)c1ccc(-c2ccco2)[nH]c1=O. The Labute approximate surface area is 150 Å². The van der Waals surface area contributed by atoms with Crippen LogP contribution < -0.4 is 15.8 Å². The normalized spacial score (nSPS) is 16.6. The Balaban J connectivity index is 1.43. The molecule has 26 heavy (non-hydrogen) atoms. The van der Waals surface area contributed by atoms with Crippen LogP contribution in [0.3, 0.4) is 0 Å². The Morgan fingerprint density at radius 2 is 1.96 bits per heavy atom. The summed E-state index contributed by atoms with van der Waals surface area (Å²) in [6.07, 6.45) is 2.38. The number of aromatic nitrogens is 1. The van der Waals surface area contributed by atoms with E-state index in [1.54, 1.807) is 18.2 Å². The lowest BCUT2D eigenvalue weighted by atomic mass is 10.2. The summed E-state index contributed by atoms with van der Waals surface area (Å²) in [7, 11) is 0. The summed E-state index contributed by atoms with van der Waals surface area (Å²) in [5, 5.41) is 2.97. The van der Waals surface area contributed by atoms with Crippen molar-refractivity contribution in [1.82, 2.24) is 10.3 Å². The van der Waals surface area contributed by atoms with Crippen molar-refractivity contribution in [3.05, 3.63) is 76.8 Å². The molecule has 1 aliphatic heterocycles. The van der Waals surface area contributed by atoms with E-state index in [-0.39, 0.29) is 17.5 Å². The number of anilines is 1. The molecule has 1 fully saturated rings. The zero-order chi connectivity index (χ0) is 17.9. The van der Waals surface area contributed by atoms with Crippen molar-refractivity contribution in [1.29, 1.82) is 0 Å². The molecule has 0 bridgehead atoms. The van der Waals surface area contributed by atoms with E-state index in [0.717, 1.165) is 25.2 Å². The molecule has 6 nitrogen and oxygen atoms in total. The van der Waals surface area contributed by atoms with Crippen molar-refractivity contribution in [3.8, 4) is 11.5 Å². The van der Waals surface area contributed by atoms with Gasteiger partial charge >= 0.3 is 0 Å². The summed E-state index contributed by atoms with van der Waals surface area (Å²) in [5.74, 6) is 0.209. The van der Waals surface area contributed by atoms with Crippen molar-refractivity contribution in [2.75, 3.05) is 18.0 Å². The summed E-state index contributed by atoms with van der Waals surface area (Å²) < 4.78 is 5.26. The third-order valence-corrected chi connectivity index (χ3v) is 4.59. The fourth-order valence-corrected chi connectivity index (χ4v) is 3.24. The molecule has 6 heteroatoms. The van der Waals surface area contributed by atoms with E-state index in [4.69, 9.17) is 4.42 Å². The smallest absolute Gasteiger partial charge is 0.261 e. The Morgan fingerprint density at radius 1 is 1.12 bits per heavy atom. The van der Waals surface area contributed by atoms with E-state index >= 15 is 0 Å². The number of nitrogens with zero attached hydrogens (tertiary/aromatic N) is 1. The van der Waals surface area contributed by atoms with E-state index in [1.807, 2.05) is 18.2 Å². The van der Waals surface area contributed by atoms with Gasteiger partial charge in [0.25, 0.3) is 11.5 Å². The zero-order valence-corrected chi connectivity index (χ0v) is 14.1. The Hall–Kier alpha value is -3.28. The van der Waals surface area contributed by atoms with Crippen LogP contribution in [0.25, 0.3) is 11.5 Å². The first-order valence-corrected chi connectivity index (χ1v) is 8.59. The van der Waals surface area contributed by atoms with Gasteiger partial charge in [-0.1, -0.05) is 18.2 Å². The number of para-hydroxylation sites is 1. The zero-order valence-electron chi connectivity index (χ0n) is 14.1. The predicted octanol–water partition coefficient (Wildman–Crippen LogP) is 2.64. The summed E-state index contributed by atoms with van der Waals surface area (Å²) >= 11 is 0.